The summed E-state index contributed by atoms with van der Waals surface area (Å²) < 4.78 is 33.1. The van der Waals surface area contributed by atoms with Crippen LogP contribution in [0.4, 0.5) is 8.78 Å². The maximum Gasteiger partial charge on any atom is 0.232 e. The summed E-state index contributed by atoms with van der Waals surface area (Å²) in [5, 5.41) is 3.95. The SMILES string of the molecule is CC(=O)c1ccc(SCC(=O)N2CCCC(c3nc(-c4cccc(F)c4)no3)C2)c(F)c1. The summed E-state index contributed by atoms with van der Waals surface area (Å²) >= 11 is 1.10. The molecule has 3 aromatic rings. The normalized spacial score (nSPS) is 16.2. The summed E-state index contributed by atoms with van der Waals surface area (Å²) in [6.07, 6.45) is 1.57. The number of ketones is 1. The van der Waals surface area contributed by atoms with E-state index in [1.165, 1.54) is 31.2 Å². The van der Waals surface area contributed by atoms with E-state index in [0.717, 1.165) is 24.6 Å². The van der Waals surface area contributed by atoms with Crippen molar-refractivity contribution in [1.29, 1.82) is 0 Å². The fraction of sp³-hybridized carbons (Fsp3) is 0.304. The lowest BCUT2D eigenvalue weighted by Crippen LogP contribution is -2.40. The van der Waals surface area contributed by atoms with Gasteiger partial charge in [0.1, 0.15) is 11.6 Å². The molecule has 6 nitrogen and oxygen atoms in total. The van der Waals surface area contributed by atoms with Crippen molar-refractivity contribution in [3.63, 3.8) is 0 Å². The third-order valence-electron chi connectivity index (χ3n) is 5.34. The van der Waals surface area contributed by atoms with Crippen molar-refractivity contribution in [2.75, 3.05) is 18.8 Å². The van der Waals surface area contributed by atoms with Crippen LogP contribution < -0.4 is 0 Å². The predicted molar refractivity (Wildman–Crippen MR) is 115 cm³/mol. The number of halogens is 2. The maximum absolute atomic E-state index is 14.2. The number of nitrogens with zero attached hydrogens (tertiary/aromatic N) is 3. The number of hydrogen-bond donors (Lipinski definition) is 0. The molecule has 0 bridgehead atoms. The van der Waals surface area contributed by atoms with Crippen molar-refractivity contribution in [3.05, 3.63) is 65.6 Å². The van der Waals surface area contributed by atoms with E-state index in [-0.39, 0.29) is 29.2 Å². The van der Waals surface area contributed by atoms with Crippen molar-refractivity contribution in [2.24, 2.45) is 0 Å². The number of aromatic nitrogens is 2. The molecular weight excluding hydrogens is 436 g/mol. The lowest BCUT2D eigenvalue weighted by Gasteiger charge is -2.31. The Balaban J connectivity index is 1.38. The second-order valence-electron chi connectivity index (χ2n) is 7.64. The van der Waals surface area contributed by atoms with Gasteiger partial charge in [-0.3, -0.25) is 9.59 Å². The largest absolute Gasteiger partial charge is 0.341 e. The molecule has 1 atom stereocenters. The Kier molecular flexibility index (Phi) is 6.64. The zero-order chi connectivity index (χ0) is 22.7. The van der Waals surface area contributed by atoms with Crippen LogP contribution in [0.5, 0.6) is 0 Å². The molecule has 2 aromatic carbocycles. The first-order valence-electron chi connectivity index (χ1n) is 10.2. The molecule has 0 saturated carbocycles. The number of hydrogen-bond acceptors (Lipinski definition) is 6. The monoisotopic (exact) mass is 457 g/mol. The maximum atomic E-state index is 14.2. The molecule has 166 valence electrons. The van der Waals surface area contributed by atoms with Crippen LogP contribution in [-0.2, 0) is 4.79 Å². The van der Waals surface area contributed by atoms with Gasteiger partial charge < -0.3 is 9.42 Å². The highest BCUT2D eigenvalue weighted by Crippen LogP contribution is 2.29. The Bertz CT molecular complexity index is 1150. The molecule has 1 aliphatic heterocycles. The highest BCUT2D eigenvalue weighted by molar-refractivity contribution is 8.00. The van der Waals surface area contributed by atoms with E-state index in [0.29, 0.717) is 40.8 Å². The molecule has 1 unspecified atom stereocenters. The highest BCUT2D eigenvalue weighted by Gasteiger charge is 2.29. The van der Waals surface area contributed by atoms with Gasteiger partial charge in [-0.05, 0) is 44.0 Å². The van der Waals surface area contributed by atoms with Gasteiger partial charge >= 0.3 is 0 Å². The molecule has 0 N–H and O–H groups in total. The van der Waals surface area contributed by atoms with Crippen LogP contribution in [0.2, 0.25) is 0 Å². The Labute approximate surface area is 188 Å². The fourth-order valence-electron chi connectivity index (χ4n) is 3.62. The number of piperidine rings is 1. The number of Topliss-reactive ketones (excluding diaryl/α,β-unsaturated/α-hetero) is 1. The minimum absolute atomic E-state index is 0.0848. The quantitative estimate of drug-likeness (QED) is 0.394. The fourth-order valence-corrected chi connectivity index (χ4v) is 4.44. The average molecular weight is 458 g/mol. The van der Waals surface area contributed by atoms with E-state index in [1.54, 1.807) is 23.1 Å². The van der Waals surface area contributed by atoms with Crippen molar-refractivity contribution < 1.29 is 22.9 Å². The second-order valence-corrected chi connectivity index (χ2v) is 8.65. The number of likely N-dealkylation sites (tertiary alicyclic amines) is 1. The molecule has 1 amide bonds. The van der Waals surface area contributed by atoms with Gasteiger partial charge in [-0.15, -0.1) is 11.8 Å². The molecule has 1 aromatic heterocycles. The minimum Gasteiger partial charge on any atom is -0.341 e. The van der Waals surface area contributed by atoms with Gasteiger partial charge in [0.25, 0.3) is 0 Å². The Hall–Kier alpha value is -3.07. The van der Waals surface area contributed by atoms with Gasteiger partial charge in [0.2, 0.25) is 17.6 Å². The molecule has 2 heterocycles. The molecule has 1 aliphatic rings. The Morgan fingerprint density at radius 2 is 2.06 bits per heavy atom. The van der Waals surface area contributed by atoms with E-state index in [2.05, 4.69) is 10.1 Å². The van der Waals surface area contributed by atoms with Crippen LogP contribution in [0, 0.1) is 11.6 Å². The third kappa shape index (κ3) is 5.04. The number of carbonyl (C=O) groups is 2. The van der Waals surface area contributed by atoms with Gasteiger partial charge in [0.05, 0.1) is 11.7 Å². The van der Waals surface area contributed by atoms with Crippen molar-refractivity contribution >= 4 is 23.5 Å². The highest BCUT2D eigenvalue weighted by atomic mass is 32.2. The molecular formula is C23H21F2N3O3S. The van der Waals surface area contributed by atoms with Gasteiger partial charge in [-0.25, -0.2) is 8.78 Å². The van der Waals surface area contributed by atoms with Gasteiger partial charge in [0.15, 0.2) is 5.78 Å². The topological polar surface area (TPSA) is 76.3 Å². The van der Waals surface area contributed by atoms with Gasteiger partial charge in [-0.2, -0.15) is 4.98 Å². The van der Waals surface area contributed by atoms with Crippen LogP contribution in [0.3, 0.4) is 0 Å². The Morgan fingerprint density at radius 1 is 1.22 bits per heavy atom. The van der Waals surface area contributed by atoms with Crippen molar-refractivity contribution in [3.8, 4) is 11.4 Å². The number of amides is 1. The molecule has 4 rings (SSSR count). The number of carbonyl (C=O) groups excluding carboxylic acids is 2. The smallest absolute Gasteiger partial charge is 0.232 e. The van der Waals surface area contributed by atoms with Crippen LogP contribution in [-0.4, -0.2) is 45.6 Å². The van der Waals surface area contributed by atoms with E-state index in [9.17, 15) is 18.4 Å². The van der Waals surface area contributed by atoms with Crippen LogP contribution in [0.25, 0.3) is 11.4 Å². The molecule has 1 saturated heterocycles. The number of benzene rings is 2. The summed E-state index contributed by atoms with van der Waals surface area (Å²) in [6.45, 7) is 2.41. The summed E-state index contributed by atoms with van der Waals surface area (Å²) in [4.78, 5) is 30.5. The molecule has 0 aliphatic carbocycles. The molecule has 0 spiro atoms. The Morgan fingerprint density at radius 3 is 2.81 bits per heavy atom. The van der Waals surface area contributed by atoms with Crippen LogP contribution in [0.1, 0.15) is 41.9 Å². The summed E-state index contributed by atoms with van der Waals surface area (Å²) in [7, 11) is 0. The average Bonchev–Trinajstić information content (AvgIpc) is 3.28. The molecule has 32 heavy (non-hydrogen) atoms. The summed E-state index contributed by atoms with van der Waals surface area (Å²) in [5.74, 6) is -0.517. The first-order valence-corrected chi connectivity index (χ1v) is 11.2. The minimum atomic E-state index is -0.511. The second kappa shape index (κ2) is 9.60. The van der Waals surface area contributed by atoms with E-state index in [4.69, 9.17) is 4.52 Å². The third-order valence-corrected chi connectivity index (χ3v) is 6.37. The lowest BCUT2D eigenvalue weighted by atomic mass is 9.98. The van der Waals surface area contributed by atoms with Crippen molar-refractivity contribution in [2.45, 2.75) is 30.6 Å². The lowest BCUT2D eigenvalue weighted by molar-refractivity contribution is -0.129. The predicted octanol–water partition coefficient (Wildman–Crippen LogP) is 4.72. The standard InChI is InChI=1S/C23H21F2N3O3S/c1-14(29)15-7-8-20(19(25)11-15)32-13-21(30)28-9-3-5-17(12-28)23-26-22(27-31-23)16-4-2-6-18(24)10-16/h2,4,6-8,10-11,17H,3,5,9,12-13H2,1H3. The van der Waals surface area contributed by atoms with E-state index in [1.807, 2.05) is 0 Å². The first-order chi connectivity index (χ1) is 15.4. The zero-order valence-corrected chi connectivity index (χ0v) is 18.2. The number of thioether (sulfide) groups is 1. The van der Waals surface area contributed by atoms with Gasteiger partial charge in [0, 0.05) is 29.1 Å². The first kappa shape index (κ1) is 22.1. The van der Waals surface area contributed by atoms with E-state index < -0.39 is 5.82 Å². The number of rotatable bonds is 6. The molecule has 1 fully saturated rings. The molecule has 0 radical (unpaired) electrons. The summed E-state index contributed by atoms with van der Waals surface area (Å²) in [5.41, 5.74) is 0.826. The summed E-state index contributed by atoms with van der Waals surface area (Å²) in [6, 6.07) is 10.2. The van der Waals surface area contributed by atoms with Gasteiger partial charge in [-0.1, -0.05) is 23.4 Å². The van der Waals surface area contributed by atoms with Crippen LogP contribution in [0.15, 0.2) is 51.9 Å². The van der Waals surface area contributed by atoms with Crippen LogP contribution >= 0.6 is 11.8 Å². The van der Waals surface area contributed by atoms with Crippen molar-refractivity contribution in [1.82, 2.24) is 15.0 Å². The zero-order valence-electron chi connectivity index (χ0n) is 17.4. The van der Waals surface area contributed by atoms with E-state index >= 15 is 0 Å². The molecule has 9 heteroatoms.